The van der Waals surface area contributed by atoms with Crippen molar-refractivity contribution in [1.29, 1.82) is 0 Å². The molecule has 0 aliphatic rings. The molecule has 0 spiro atoms. The maximum atomic E-state index is 13.6. The molecule has 1 N–H and O–H groups in total. The van der Waals surface area contributed by atoms with E-state index in [1.165, 1.54) is 18.3 Å². The first-order valence-corrected chi connectivity index (χ1v) is 6.99. The second-order valence-corrected chi connectivity index (χ2v) is 5.42. The molecule has 0 saturated carbocycles. The van der Waals surface area contributed by atoms with E-state index in [9.17, 15) is 9.18 Å². The molecule has 0 aliphatic heterocycles. The molecular formula is C14H11BrClFN2O. The molecule has 104 valence electrons. The largest absolute Gasteiger partial charge is 0.324 e. The molecule has 2 rings (SSSR count). The molecule has 0 atom stereocenters. The van der Waals surface area contributed by atoms with Gasteiger partial charge in [-0.25, -0.2) is 9.37 Å². The van der Waals surface area contributed by atoms with Gasteiger partial charge < -0.3 is 5.32 Å². The van der Waals surface area contributed by atoms with Gasteiger partial charge in [0.2, 0.25) is 5.91 Å². The lowest BCUT2D eigenvalue weighted by molar-refractivity contribution is -0.115. The Labute approximate surface area is 129 Å². The molecule has 1 amide bonds. The number of hydrogen-bond donors (Lipinski definition) is 1. The maximum absolute atomic E-state index is 13.6. The third-order valence-corrected chi connectivity index (χ3v) is 3.88. The van der Waals surface area contributed by atoms with Crippen molar-refractivity contribution >= 4 is 39.1 Å². The normalized spacial score (nSPS) is 10.4. The van der Waals surface area contributed by atoms with Gasteiger partial charge in [-0.1, -0.05) is 17.7 Å². The number of carbonyl (C=O) groups excluding carboxylic acids is 1. The Balaban J connectivity index is 2.11. The van der Waals surface area contributed by atoms with Crippen molar-refractivity contribution in [1.82, 2.24) is 4.98 Å². The summed E-state index contributed by atoms with van der Waals surface area (Å²) in [5.41, 5.74) is 1.64. The minimum absolute atomic E-state index is 0.124. The number of aryl methyl sites for hydroxylation is 1. The third kappa shape index (κ3) is 3.55. The fraction of sp³-hybridized carbons (Fsp3) is 0.143. The Morgan fingerprint density at radius 1 is 1.50 bits per heavy atom. The number of pyridine rings is 1. The molecule has 6 heteroatoms. The summed E-state index contributed by atoms with van der Waals surface area (Å²) in [5.74, 6) is -0.835. The van der Waals surface area contributed by atoms with Gasteiger partial charge in [0.25, 0.3) is 0 Å². The van der Waals surface area contributed by atoms with Gasteiger partial charge >= 0.3 is 0 Å². The van der Waals surface area contributed by atoms with E-state index in [0.29, 0.717) is 10.3 Å². The zero-order chi connectivity index (χ0) is 14.7. The van der Waals surface area contributed by atoms with E-state index in [0.717, 1.165) is 5.56 Å². The molecular weight excluding hydrogens is 347 g/mol. The minimum atomic E-state index is -0.488. The summed E-state index contributed by atoms with van der Waals surface area (Å²) in [5, 5.41) is 2.91. The number of hydrogen-bond acceptors (Lipinski definition) is 2. The highest BCUT2D eigenvalue weighted by Crippen LogP contribution is 2.21. The van der Waals surface area contributed by atoms with Gasteiger partial charge in [-0.05, 0) is 46.6 Å². The van der Waals surface area contributed by atoms with Crippen LogP contribution in [-0.2, 0) is 11.2 Å². The number of anilines is 1. The van der Waals surface area contributed by atoms with Crippen LogP contribution in [0.2, 0.25) is 5.02 Å². The van der Waals surface area contributed by atoms with Crippen LogP contribution in [0.3, 0.4) is 0 Å². The number of amides is 1. The molecule has 20 heavy (non-hydrogen) atoms. The summed E-state index contributed by atoms with van der Waals surface area (Å²) in [4.78, 5) is 16.0. The molecule has 0 saturated heterocycles. The van der Waals surface area contributed by atoms with Crippen molar-refractivity contribution in [3.63, 3.8) is 0 Å². The van der Waals surface area contributed by atoms with Crippen molar-refractivity contribution in [2.75, 3.05) is 5.32 Å². The first-order chi connectivity index (χ1) is 9.47. The number of nitrogens with one attached hydrogen (secondary N) is 1. The monoisotopic (exact) mass is 356 g/mol. The van der Waals surface area contributed by atoms with E-state index in [2.05, 4.69) is 26.2 Å². The van der Waals surface area contributed by atoms with Crippen LogP contribution in [0, 0.1) is 12.7 Å². The van der Waals surface area contributed by atoms with Crippen LogP contribution in [0.15, 0.2) is 35.1 Å². The lowest BCUT2D eigenvalue weighted by Gasteiger charge is -2.08. The van der Waals surface area contributed by atoms with E-state index < -0.39 is 5.82 Å². The highest BCUT2D eigenvalue weighted by atomic mass is 79.9. The standard InChI is InChI=1S/C14H11BrClFN2O/c1-8-5-9(7-18-14(8)15)19-13(20)6-10-11(16)3-2-4-12(10)17/h2-5,7H,6H2,1H3,(H,19,20). The number of halogens is 3. The smallest absolute Gasteiger partial charge is 0.229 e. The van der Waals surface area contributed by atoms with E-state index in [1.54, 1.807) is 12.1 Å². The highest BCUT2D eigenvalue weighted by Gasteiger charge is 2.12. The second-order valence-electron chi connectivity index (χ2n) is 4.26. The predicted octanol–water partition coefficient (Wildman–Crippen LogP) is 4.13. The van der Waals surface area contributed by atoms with Crippen LogP contribution in [0.5, 0.6) is 0 Å². The van der Waals surface area contributed by atoms with E-state index in [1.807, 2.05) is 6.92 Å². The van der Waals surface area contributed by atoms with E-state index in [-0.39, 0.29) is 22.9 Å². The summed E-state index contributed by atoms with van der Waals surface area (Å²) in [7, 11) is 0. The molecule has 1 aromatic heterocycles. The number of rotatable bonds is 3. The summed E-state index contributed by atoms with van der Waals surface area (Å²) in [6.07, 6.45) is 1.40. The van der Waals surface area contributed by atoms with Crippen LogP contribution in [0.4, 0.5) is 10.1 Å². The van der Waals surface area contributed by atoms with Crippen molar-refractivity contribution in [3.05, 3.63) is 57.0 Å². The van der Waals surface area contributed by atoms with Crippen LogP contribution in [0.25, 0.3) is 0 Å². The third-order valence-electron chi connectivity index (χ3n) is 2.70. The molecule has 0 fully saturated rings. The van der Waals surface area contributed by atoms with Gasteiger partial charge in [0, 0.05) is 10.6 Å². The number of benzene rings is 1. The Bertz CT molecular complexity index is 643. The highest BCUT2D eigenvalue weighted by molar-refractivity contribution is 9.10. The van der Waals surface area contributed by atoms with Crippen LogP contribution >= 0.6 is 27.5 Å². The SMILES string of the molecule is Cc1cc(NC(=O)Cc2c(F)cccc2Cl)cnc1Br. The van der Waals surface area contributed by atoms with Gasteiger partial charge in [-0.3, -0.25) is 4.79 Å². The van der Waals surface area contributed by atoms with Gasteiger partial charge in [0.05, 0.1) is 18.3 Å². The van der Waals surface area contributed by atoms with E-state index in [4.69, 9.17) is 11.6 Å². The Hall–Kier alpha value is -1.46. The minimum Gasteiger partial charge on any atom is -0.324 e. The van der Waals surface area contributed by atoms with Crippen molar-refractivity contribution < 1.29 is 9.18 Å². The number of nitrogens with zero attached hydrogens (tertiary/aromatic N) is 1. The van der Waals surface area contributed by atoms with Crippen LogP contribution in [0.1, 0.15) is 11.1 Å². The fourth-order valence-electron chi connectivity index (χ4n) is 1.69. The van der Waals surface area contributed by atoms with Crippen LogP contribution in [-0.4, -0.2) is 10.9 Å². The fourth-order valence-corrected chi connectivity index (χ4v) is 2.14. The predicted molar refractivity (Wildman–Crippen MR) is 80.4 cm³/mol. The molecule has 1 aromatic carbocycles. The van der Waals surface area contributed by atoms with Crippen molar-refractivity contribution in [2.24, 2.45) is 0 Å². The maximum Gasteiger partial charge on any atom is 0.229 e. The summed E-state index contributed by atoms with van der Waals surface area (Å²) < 4.78 is 14.3. The Morgan fingerprint density at radius 3 is 2.90 bits per heavy atom. The second kappa shape index (κ2) is 6.33. The summed E-state index contributed by atoms with van der Waals surface area (Å²) in [6.45, 7) is 1.86. The Kier molecular flexibility index (Phi) is 4.73. The molecule has 0 aliphatic carbocycles. The zero-order valence-electron chi connectivity index (χ0n) is 10.6. The molecule has 0 radical (unpaired) electrons. The summed E-state index contributed by atoms with van der Waals surface area (Å²) in [6, 6.07) is 6.11. The zero-order valence-corrected chi connectivity index (χ0v) is 12.9. The topological polar surface area (TPSA) is 42.0 Å². The average molecular weight is 358 g/mol. The molecule has 3 nitrogen and oxygen atoms in total. The van der Waals surface area contributed by atoms with Crippen LogP contribution < -0.4 is 5.32 Å². The first kappa shape index (κ1) is 14.9. The lowest BCUT2D eigenvalue weighted by atomic mass is 10.1. The molecule has 0 unspecified atom stereocenters. The van der Waals surface area contributed by atoms with Crippen molar-refractivity contribution in [3.8, 4) is 0 Å². The molecule has 0 bridgehead atoms. The van der Waals surface area contributed by atoms with Gasteiger partial charge in [0.15, 0.2) is 0 Å². The molecule has 2 aromatic rings. The number of carbonyl (C=O) groups is 1. The van der Waals surface area contributed by atoms with E-state index >= 15 is 0 Å². The Morgan fingerprint density at radius 2 is 2.25 bits per heavy atom. The van der Waals surface area contributed by atoms with Gasteiger partial charge in [0.1, 0.15) is 10.4 Å². The first-order valence-electron chi connectivity index (χ1n) is 5.82. The van der Waals surface area contributed by atoms with Gasteiger partial charge in [-0.2, -0.15) is 0 Å². The summed E-state index contributed by atoms with van der Waals surface area (Å²) >= 11 is 9.16. The average Bonchev–Trinajstić information content (AvgIpc) is 2.38. The lowest BCUT2D eigenvalue weighted by Crippen LogP contribution is -2.15. The van der Waals surface area contributed by atoms with Gasteiger partial charge in [-0.15, -0.1) is 0 Å². The quantitative estimate of drug-likeness (QED) is 0.839. The van der Waals surface area contributed by atoms with Crippen molar-refractivity contribution in [2.45, 2.75) is 13.3 Å². The molecule has 1 heterocycles. The number of aromatic nitrogens is 1.